The maximum atomic E-state index is 12.2. The minimum Gasteiger partial charge on any atom is -0.368 e. The van der Waals surface area contributed by atoms with Gasteiger partial charge in [-0.15, -0.1) is 0 Å². The molecule has 2 aliphatic heterocycles. The molecule has 2 aliphatic rings. The first-order valence-electron chi connectivity index (χ1n) is 6.67. The summed E-state index contributed by atoms with van der Waals surface area (Å²) < 4.78 is 0. The minimum atomic E-state index is -0.586. The van der Waals surface area contributed by atoms with Crippen molar-refractivity contribution in [3.05, 3.63) is 30.3 Å². The topological polar surface area (TPSA) is 79.0 Å². The Balaban J connectivity index is 1.87. The van der Waals surface area contributed by atoms with Gasteiger partial charge < -0.3 is 10.6 Å². The van der Waals surface area contributed by atoms with Crippen LogP contribution in [0.5, 0.6) is 0 Å². The number of benzene rings is 1. The predicted molar refractivity (Wildman–Crippen MR) is 75.2 cm³/mol. The van der Waals surface area contributed by atoms with Crippen LogP contribution < -0.4 is 10.7 Å². The average molecular weight is 272 g/mol. The maximum Gasteiger partial charge on any atom is 0.270 e. The number of para-hydroxylation sites is 1. The van der Waals surface area contributed by atoms with Crippen LogP contribution >= 0.6 is 0 Å². The number of hydrogen-bond donors (Lipinski definition) is 1. The number of nitrogens with two attached hydrogens (primary N) is 1. The van der Waals surface area contributed by atoms with Gasteiger partial charge in [0.2, 0.25) is 5.91 Å². The fraction of sp³-hybridized carbons (Fsp3) is 0.357. The molecule has 0 radical (unpaired) electrons. The number of rotatable bonds is 3. The highest BCUT2D eigenvalue weighted by Crippen LogP contribution is 2.25. The number of amides is 2. The fourth-order valence-electron chi connectivity index (χ4n) is 2.38. The second kappa shape index (κ2) is 4.96. The molecular formula is C14H16N4O2. The van der Waals surface area contributed by atoms with Crippen LogP contribution in [0.2, 0.25) is 0 Å². The molecule has 6 nitrogen and oxygen atoms in total. The highest BCUT2D eigenvalue weighted by atomic mass is 16.2. The van der Waals surface area contributed by atoms with Gasteiger partial charge in [-0.3, -0.25) is 14.6 Å². The van der Waals surface area contributed by atoms with E-state index < -0.39 is 11.9 Å². The monoisotopic (exact) mass is 272 g/mol. The Hall–Kier alpha value is -2.37. The zero-order valence-corrected chi connectivity index (χ0v) is 11.0. The van der Waals surface area contributed by atoms with Crippen LogP contribution in [0.15, 0.2) is 35.4 Å². The van der Waals surface area contributed by atoms with Gasteiger partial charge in [-0.1, -0.05) is 18.2 Å². The molecule has 0 bridgehead atoms. The lowest BCUT2D eigenvalue weighted by atomic mass is 10.1. The molecule has 1 saturated heterocycles. The summed E-state index contributed by atoms with van der Waals surface area (Å²) in [6.07, 6.45) is 1.31. The number of carbonyl (C=O) groups excluding carboxylic acids is 2. The summed E-state index contributed by atoms with van der Waals surface area (Å²) in [5.41, 5.74) is 6.61. The first kappa shape index (κ1) is 12.7. The number of primary amides is 1. The van der Waals surface area contributed by atoms with E-state index in [1.54, 1.807) is 9.91 Å². The van der Waals surface area contributed by atoms with Crippen LogP contribution in [0.3, 0.4) is 0 Å². The van der Waals surface area contributed by atoms with E-state index in [9.17, 15) is 9.59 Å². The van der Waals surface area contributed by atoms with Crippen LogP contribution in [0.4, 0.5) is 5.69 Å². The first-order chi connectivity index (χ1) is 9.66. The van der Waals surface area contributed by atoms with Crippen LogP contribution in [-0.4, -0.2) is 41.6 Å². The lowest BCUT2D eigenvalue weighted by Crippen LogP contribution is -2.46. The van der Waals surface area contributed by atoms with Crippen molar-refractivity contribution in [1.29, 1.82) is 0 Å². The molecule has 0 aromatic heterocycles. The predicted octanol–water partition coefficient (Wildman–Crippen LogP) is 0.339. The molecule has 3 rings (SSSR count). The Morgan fingerprint density at radius 1 is 1.20 bits per heavy atom. The molecular weight excluding hydrogens is 256 g/mol. The van der Waals surface area contributed by atoms with Crippen molar-refractivity contribution in [3.63, 3.8) is 0 Å². The fourth-order valence-corrected chi connectivity index (χ4v) is 2.38. The summed E-state index contributed by atoms with van der Waals surface area (Å²) in [7, 11) is 0. The zero-order chi connectivity index (χ0) is 14.1. The Labute approximate surface area is 116 Å². The zero-order valence-electron chi connectivity index (χ0n) is 11.0. The van der Waals surface area contributed by atoms with Crippen molar-refractivity contribution < 1.29 is 9.59 Å². The summed E-state index contributed by atoms with van der Waals surface area (Å²) in [5, 5.41) is 5.87. The molecule has 1 atom stereocenters. The standard InChI is InChI=1S/C14H16N4O2/c15-13(19)12-9-11(14(20)17-7-4-8-17)16-18(12)10-5-2-1-3-6-10/h1-3,5-6,12H,4,7-9H2,(H2,15,19). The summed E-state index contributed by atoms with van der Waals surface area (Å²) in [6, 6.07) is 8.70. The highest BCUT2D eigenvalue weighted by Gasteiger charge is 2.37. The van der Waals surface area contributed by atoms with Crippen molar-refractivity contribution >= 4 is 23.2 Å². The third-order valence-corrected chi connectivity index (χ3v) is 3.65. The second-order valence-electron chi connectivity index (χ2n) is 4.99. The van der Waals surface area contributed by atoms with Gasteiger partial charge in [-0.2, -0.15) is 5.10 Å². The Morgan fingerprint density at radius 2 is 1.90 bits per heavy atom. The smallest absolute Gasteiger partial charge is 0.270 e. The molecule has 1 unspecified atom stereocenters. The lowest BCUT2D eigenvalue weighted by molar-refractivity contribution is -0.127. The van der Waals surface area contributed by atoms with E-state index in [1.165, 1.54) is 0 Å². The highest BCUT2D eigenvalue weighted by molar-refractivity contribution is 6.40. The number of likely N-dealkylation sites (tertiary alicyclic amines) is 1. The normalized spacial score (nSPS) is 21.4. The molecule has 2 heterocycles. The number of anilines is 1. The summed E-state index contributed by atoms with van der Waals surface area (Å²) in [5.74, 6) is -0.551. The molecule has 2 amide bonds. The molecule has 0 aliphatic carbocycles. The molecule has 1 aromatic rings. The van der Waals surface area contributed by atoms with E-state index in [2.05, 4.69) is 5.10 Å². The second-order valence-corrected chi connectivity index (χ2v) is 4.99. The van der Waals surface area contributed by atoms with Gasteiger partial charge in [0, 0.05) is 19.5 Å². The molecule has 6 heteroatoms. The molecule has 20 heavy (non-hydrogen) atoms. The first-order valence-corrected chi connectivity index (χ1v) is 6.67. The van der Waals surface area contributed by atoms with Crippen LogP contribution in [0.1, 0.15) is 12.8 Å². The Bertz CT molecular complexity index is 566. The van der Waals surface area contributed by atoms with Crippen LogP contribution in [0.25, 0.3) is 0 Å². The van der Waals surface area contributed by atoms with Crippen molar-refractivity contribution in [1.82, 2.24) is 4.90 Å². The quantitative estimate of drug-likeness (QED) is 0.861. The van der Waals surface area contributed by atoms with Gasteiger partial charge in [0.05, 0.1) is 5.69 Å². The summed E-state index contributed by atoms with van der Waals surface area (Å²) in [4.78, 5) is 25.5. The van der Waals surface area contributed by atoms with Crippen LogP contribution in [0, 0.1) is 0 Å². The molecule has 1 aromatic carbocycles. The van der Waals surface area contributed by atoms with Crippen molar-refractivity contribution in [2.75, 3.05) is 18.1 Å². The van der Waals surface area contributed by atoms with Gasteiger partial charge in [-0.05, 0) is 18.6 Å². The van der Waals surface area contributed by atoms with Crippen molar-refractivity contribution in [2.45, 2.75) is 18.9 Å². The SMILES string of the molecule is NC(=O)C1CC(C(=O)N2CCC2)=NN1c1ccccc1. The van der Waals surface area contributed by atoms with Gasteiger partial charge in [0.1, 0.15) is 11.8 Å². The largest absolute Gasteiger partial charge is 0.368 e. The van der Waals surface area contributed by atoms with E-state index in [-0.39, 0.29) is 12.3 Å². The van der Waals surface area contributed by atoms with Crippen molar-refractivity contribution in [2.24, 2.45) is 10.8 Å². The Kier molecular flexibility index (Phi) is 3.14. The maximum absolute atomic E-state index is 12.2. The Morgan fingerprint density at radius 3 is 2.45 bits per heavy atom. The van der Waals surface area contributed by atoms with E-state index in [1.807, 2.05) is 30.3 Å². The minimum absolute atomic E-state index is 0.0825. The number of hydrogen-bond acceptors (Lipinski definition) is 4. The van der Waals surface area contributed by atoms with E-state index in [4.69, 9.17) is 5.73 Å². The van der Waals surface area contributed by atoms with Gasteiger partial charge in [0.25, 0.3) is 5.91 Å². The number of carbonyl (C=O) groups is 2. The molecule has 2 N–H and O–H groups in total. The third-order valence-electron chi connectivity index (χ3n) is 3.65. The van der Waals surface area contributed by atoms with Gasteiger partial charge in [0.15, 0.2) is 0 Å². The van der Waals surface area contributed by atoms with Crippen molar-refractivity contribution in [3.8, 4) is 0 Å². The van der Waals surface area contributed by atoms with E-state index in [0.29, 0.717) is 5.71 Å². The van der Waals surface area contributed by atoms with Gasteiger partial charge in [-0.25, -0.2) is 0 Å². The molecule has 0 spiro atoms. The molecule has 1 fully saturated rings. The lowest BCUT2D eigenvalue weighted by Gasteiger charge is -2.30. The molecule has 104 valence electrons. The summed E-state index contributed by atoms with van der Waals surface area (Å²) in [6.45, 7) is 1.54. The number of hydrazone groups is 1. The third kappa shape index (κ3) is 2.13. The van der Waals surface area contributed by atoms with Crippen LogP contribution in [-0.2, 0) is 9.59 Å². The van der Waals surface area contributed by atoms with E-state index in [0.717, 1.165) is 25.2 Å². The van der Waals surface area contributed by atoms with E-state index >= 15 is 0 Å². The number of nitrogens with zero attached hydrogens (tertiary/aromatic N) is 3. The molecule has 0 saturated carbocycles. The van der Waals surface area contributed by atoms with Gasteiger partial charge >= 0.3 is 0 Å². The summed E-state index contributed by atoms with van der Waals surface area (Å²) >= 11 is 0. The average Bonchev–Trinajstić information content (AvgIpc) is 2.83.